The highest BCUT2D eigenvalue weighted by Gasteiger charge is 2.28. The molecular weight excluding hydrogens is 351 g/mol. The molecule has 0 saturated carbocycles. The summed E-state index contributed by atoms with van der Waals surface area (Å²) < 4.78 is 15.0. The molecule has 0 amide bonds. The molecule has 1 aliphatic heterocycles. The van der Waals surface area contributed by atoms with E-state index in [1.165, 1.54) is 34.8 Å². The normalized spacial score (nSPS) is 21.1. The van der Waals surface area contributed by atoms with E-state index >= 15 is 0 Å². The number of aromatic nitrogens is 2. The van der Waals surface area contributed by atoms with Crippen LogP contribution in [-0.2, 0) is 0 Å². The van der Waals surface area contributed by atoms with Crippen molar-refractivity contribution in [3.05, 3.63) is 65.3 Å². The number of halogens is 1. The third kappa shape index (κ3) is 3.78. The van der Waals surface area contributed by atoms with Crippen molar-refractivity contribution in [2.75, 3.05) is 20.1 Å². The van der Waals surface area contributed by atoms with Gasteiger partial charge in [0, 0.05) is 18.3 Å². The highest BCUT2D eigenvalue weighted by molar-refractivity contribution is 8.15. The van der Waals surface area contributed by atoms with Gasteiger partial charge in [-0.15, -0.1) is 0 Å². The summed E-state index contributed by atoms with van der Waals surface area (Å²) in [5.74, 6) is -0.338. The molecule has 1 aliphatic carbocycles. The predicted molar refractivity (Wildman–Crippen MR) is 105 cm³/mol. The molecule has 7 heteroatoms. The number of nitrogens with zero attached hydrogens (tertiary/aromatic N) is 4. The average Bonchev–Trinajstić information content (AvgIpc) is 2.96. The van der Waals surface area contributed by atoms with E-state index in [1.54, 1.807) is 12.3 Å². The molecule has 2 aliphatic rings. The monoisotopic (exact) mass is 372 g/mol. The zero-order valence-electron chi connectivity index (χ0n) is 14.9. The SMILES string of the molecule is C=C1C(=N/C=C\CN(C)CC)Sc2c1ncn(C1C=C(F)C=CC1)c2=O. The summed E-state index contributed by atoms with van der Waals surface area (Å²) in [5, 5.41) is 0.669. The van der Waals surface area contributed by atoms with Crippen molar-refractivity contribution in [3.8, 4) is 0 Å². The zero-order chi connectivity index (χ0) is 18.7. The summed E-state index contributed by atoms with van der Waals surface area (Å²) >= 11 is 1.27. The number of allylic oxidation sites excluding steroid dienone is 4. The van der Waals surface area contributed by atoms with E-state index in [0.717, 1.165) is 13.1 Å². The second-order valence-corrected chi connectivity index (χ2v) is 7.15. The van der Waals surface area contributed by atoms with Gasteiger partial charge in [-0.1, -0.05) is 37.4 Å². The van der Waals surface area contributed by atoms with Gasteiger partial charge in [-0.05, 0) is 32.2 Å². The fourth-order valence-electron chi connectivity index (χ4n) is 2.65. The Labute approximate surface area is 156 Å². The van der Waals surface area contributed by atoms with Crippen LogP contribution in [0.5, 0.6) is 0 Å². The van der Waals surface area contributed by atoms with Gasteiger partial charge in [-0.25, -0.2) is 14.4 Å². The van der Waals surface area contributed by atoms with Crippen LogP contribution in [0.1, 0.15) is 25.1 Å². The Bertz CT molecular complexity index is 897. The van der Waals surface area contributed by atoms with Gasteiger partial charge in [0.15, 0.2) is 0 Å². The summed E-state index contributed by atoms with van der Waals surface area (Å²) in [5.41, 5.74) is 1.02. The fourth-order valence-corrected chi connectivity index (χ4v) is 3.65. The number of hydrogen-bond donors (Lipinski definition) is 0. The van der Waals surface area contributed by atoms with Gasteiger partial charge < -0.3 is 4.90 Å². The van der Waals surface area contributed by atoms with Gasteiger partial charge in [0.1, 0.15) is 15.8 Å². The molecule has 0 saturated heterocycles. The smallest absolute Gasteiger partial charge is 0.268 e. The molecule has 0 N–H and O–H groups in total. The van der Waals surface area contributed by atoms with Gasteiger partial charge in [-0.3, -0.25) is 9.36 Å². The molecule has 26 heavy (non-hydrogen) atoms. The summed E-state index contributed by atoms with van der Waals surface area (Å²) in [6.45, 7) is 7.86. The second kappa shape index (κ2) is 7.97. The molecule has 3 rings (SSSR count). The molecule has 2 heterocycles. The van der Waals surface area contributed by atoms with Crippen molar-refractivity contribution in [1.82, 2.24) is 14.5 Å². The van der Waals surface area contributed by atoms with Crippen LogP contribution in [-0.4, -0.2) is 39.6 Å². The summed E-state index contributed by atoms with van der Waals surface area (Å²) in [6, 6.07) is -0.357. The van der Waals surface area contributed by atoms with Gasteiger partial charge in [-0.2, -0.15) is 0 Å². The number of rotatable bonds is 5. The number of hydrogen-bond acceptors (Lipinski definition) is 5. The standard InChI is InChI=1S/C19H21FN4OS/c1-4-23(3)10-6-9-21-18-13(2)16-17(26-18)19(25)24(12-22-16)15-8-5-7-14(20)11-15/h5-7,9,11-12,15H,2,4,8,10H2,1,3H3/b9-6-,21-18?. The molecule has 1 unspecified atom stereocenters. The highest BCUT2D eigenvalue weighted by Crippen LogP contribution is 2.37. The number of fused-ring (bicyclic) bond motifs is 1. The maximum Gasteiger partial charge on any atom is 0.268 e. The number of likely N-dealkylation sites (N-methyl/N-ethyl adjacent to an activating group) is 1. The van der Waals surface area contributed by atoms with Crippen LogP contribution in [0.2, 0.25) is 0 Å². The second-order valence-electron chi connectivity index (χ2n) is 6.15. The third-order valence-corrected chi connectivity index (χ3v) is 5.43. The first kappa shape index (κ1) is 18.5. The summed E-state index contributed by atoms with van der Waals surface area (Å²) in [4.78, 5) is 24.3. The molecule has 0 spiro atoms. The first-order valence-corrected chi connectivity index (χ1v) is 9.26. The lowest BCUT2D eigenvalue weighted by Gasteiger charge is -2.17. The van der Waals surface area contributed by atoms with Gasteiger partial charge in [0.25, 0.3) is 5.56 Å². The molecule has 5 nitrogen and oxygen atoms in total. The van der Waals surface area contributed by atoms with Crippen molar-refractivity contribution in [2.45, 2.75) is 24.3 Å². The fraction of sp³-hybridized carbons (Fsp3) is 0.316. The van der Waals surface area contributed by atoms with Crippen LogP contribution in [0, 0.1) is 0 Å². The Morgan fingerprint density at radius 2 is 2.38 bits per heavy atom. The first-order valence-electron chi connectivity index (χ1n) is 8.45. The van der Waals surface area contributed by atoms with E-state index in [4.69, 9.17) is 0 Å². The maximum atomic E-state index is 13.5. The molecule has 0 fully saturated rings. The van der Waals surface area contributed by atoms with E-state index in [1.807, 2.05) is 13.1 Å². The number of aliphatic imine (C=N–C) groups is 1. The molecular formula is C19H21FN4OS. The molecule has 1 atom stereocenters. The largest absolute Gasteiger partial charge is 0.303 e. The molecule has 0 bridgehead atoms. The number of thioether (sulfide) groups is 1. The van der Waals surface area contributed by atoms with Crippen LogP contribution < -0.4 is 5.56 Å². The lowest BCUT2D eigenvalue weighted by Crippen LogP contribution is -2.26. The van der Waals surface area contributed by atoms with Gasteiger partial charge >= 0.3 is 0 Å². The summed E-state index contributed by atoms with van der Waals surface area (Å²) in [6.07, 6.45) is 10.3. The minimum atomic E-state index is -0.357. The lowest BCUT2D eigenvalue weighted by atomic mass is 10.1. The van der Waals surface area contributed by atoms with Crippen LogP contribution >= 0.6 is 11.8 Å². The van der Waals surface area contributed by atoms with Crippen molar-refractivity contribution < 1.29 is 4.39 Å². The Morgan fingerprint density at radius 3 is 3.12 bits per heavy atom. The maximum absolute atomic E-state index is 13.5. The van der Waals surface area contributed by atoms with Crippen molar-refractivity contribution in [2.24, 2.45) is 4.99 Å². The van der Waals surface area contributed by atoms with E-state index in [-0.39, 0.29) is 17.4 Å². The minimum Gasteiger partial charge on any atom is -0.303 e. The van der Waals surface area contributed by atoms with E-state index < -0.39 is 0 Å². The zero-order valence-corrected chi connectivity index (χ0v) is 15.7. The van der Waals surface area contributed by atoms with Crippen LogP contribution in [0.4, 0.5) is 4.39 Å². The minimum absolute atomic E-state index is 0.189. The Hall–Kier alpha value is -2.25. The van der Waals surface area contributed by atoms with Gasteiger partial charge in [0.2, 0.25) is 0 Å². The predicted octanol–water partition coefficient (Wildman–Crippen LogP) is 3.58. The Kier molecular flexibility index (Phi) is 5.68. The Balaban J connectivity index is 1.83. The van der Waals surface area contributed by atoms with E-state index in [9.17, 15) is 9.18 Å². The van der Waals surface area contributed by atoms with Crippen LogP contribution in [0.3, 0.4) is 0 Å². The average molecular weight is 372 g/mol. The van der Waals surface area contributed by atoms with Crippen molar-refractivity contribution >= 4 is 22.4 Å². The lowest BCUT2D eigenvalue weighted by molar-refractivity contribution is 0.392. The van der Waals surface area contributed by atoms with E-state index in [2.05, 4.69) is 28.4 Å². The third-order valence-electron chi connectivity index (χ3n) is 4.32. The molecule has 136 valence electrons. The van der Waals surface area contributed by atoms with Crippen molar-refractivity contribution in [3.63, 3.8) is 0 Å². The van der Waals surface area contributed by atoms with Gasteiger partial charge in [0.05, 0.1) is 18.1 Å². The highest BCUT2D eigenvalue weighted by atomic mass is 32.2. The van der Waals surface area contributed by atoms with Crippen LogP contribution in [0.15, 0.2) is 63.9 Å². The first-order chi connectivity index (χ1) is 12.5. The quantitative estimate of drug-likeness (QED) is 0.793. The van der Waals surface area contributed by atoms with E-state index in [0.29, 0.717) is 27.6 Å². The molecule has 1 aromatic heterocycles. The topological polar surface area (TPSA) is 50.5 Å². The van der Waals surface area contributed by atoms with Crippen molar-refractivity contribution in [1.29, 1.82) is 0 Å². The van der Waals surface area contributed by atoms with Crippen LogP contribution in [0.25, 0.3) is 5.57 Å². The Morgan fingerprint density at radius 1 is 1.58 bits per heavy atom. The molecule has 1 aromatic rings. The molecule has 0 radical (unpaired) electrons. The summed E-state index contributed by atoms with van der Waals surface area (Å²) in [7, 11) is 2.03. The molecule has 0 aromatic carbocycles.